The van der Waals surface area contributed by atoms with Gasteiger partial charge in [-0.3, -0.25) is 9.59 Å². The first kappa shape index (κ1) is 20.4. The number of hydrogen-bond donors (Lipinski definition) is 2. The molecule has 0 bridgehead atoms. The molecular formula is C24H19ClN4O2. The highest BCUT2D eigenvalue weighted by molar-refractivity contribution is 6.30. The molecule has 0 spiro atoms. The summed E-state index contributed by atoms with van der Waals surface area (Å²) >= 11 is 6.03. The van der Waals surface area contributed by atoms with Crippen molar-refractivity contribution in [2.45, 2.75) is 6.42 Å². The average molecular weight is 431 g/mol. The van der Waals surface area contributed by atoms with Gasteiger partial charge < -0.3 is 11.1 Å². The lowest BCUT2D eigenvalue weighted by Gasteiger charge is -2.09. The lowest BCUT2D eigenvalue weighted by Crippen LogP contribution is -2.19. The molecule has 0 unspecified atom stereocenters. The topological polar surface area (TPSA) is 90.0 Å². The minimum Gasteiger partial charge on any atom is -0.366 e. The van der Waals surface area contributed by atoms with Crippen LogP contribution in [0.4, 0.5) is 5.69 Å². The molecule has 0 atom stereocenters. The fraction of sp³-hybridized carbons (Fsp3) is 0.0417. The normalized spacial score (nSPS) is 10.6. The summed E-state index contributed by atoms with van der Waals surface area (Å²) in [6.07, 6.45) is 1.90. The van der Waals surface area contributed by atoms with E-state index in [4.69, 9.17) is 22.4 Å². The van der Waals surface area contributed by atoms with Crippen LogP contribution in [0.2, 0.25) is 5.02 Å². The number of nitrogens with zero attached hydrogens (tertiary/aromatic N) is 2. The number of nitrogens with two attached hydrogens (primary N) is 1. The van der Waals surface area contributed by atoms with Gasteiger partial charge in [-0.1, -0.05) is 54.1 Å². The van der Waals surface area contributed by atoms with Gasteiger partial charge in [-0.15, -0.1) is 0 Å². The fourth-order valence-electron chi connectivity index (χ4n) is 3.28. The van der Waals surface area contributed by atoms with Gasteiger partial charge in [-0.2, -0.15) is 5.10 Å². The molecule has 6 nitrogen and oxygen atoms in total. The number of halogens is 1. The molecule has 3 aromatic carbocycles. The second kappa shape index (κ2) is 8.85. The number of primary amides is 1. The maximum Gasteiger partial charge on any atom is 0.250 e. The highest BCUT2D eigenvalue weighted by atomic mass is 35.5. The Morgan fingerprint density at radius 1 is 0.935 bits per heavy atom. The van der Waals surface area contributed by atoms with Crippen molar-refractivity contribution < 1.29 is 9.59 Å². The molecule has 3 N–H and O–H groups in total. The summed E-state index contributed by atoms with van der Waals surface area (Å²) < 4.78 is 1.74. The molecule has 0 aliphatic rings. The number of benzene rings is 3. The van der Waals surface area contributed by atoms with Gasteiger partial charge >= 0.3 is 0 Å². The molecular weight excluding hydrogens is 412 g/mol. The van der Waals surface area contributed by atoms with Gasteiger partial charge in [-0.25, -0.2) is 4.68 Å². The fourth-order valence-corrected chi connectivity index (χ4v) is 3.40. The largest absolute Gasteiger partial charge is 0.366 e. The second-order valence-electron chi connectivity index (χ2n) is 6.92. The quantitative estimate of drug-likeness (QED) is 0.472. The summed E-state index contributed by atoms with van der Waals surface area (Å²) in [4.78, 5) is 24.5. The Bertz CT molecular complexity index is 1230. The van der Waals surface area contributed by atoms with Crippen LogP contribution in [0.3, 0.4) is 0 Å². The van der Waals surface area contributed by atoms with Crippen molar-refractivity contribution >= 4 is 29.1 Å². The third-order valence-electron chi connectivity index (χ3n) is 4.75. The van der Waals surface area contributed by atoms with Crippen molar-refractivity contribution in [2.24, 2.45) is 5.73 Å². The summed E-state index contributed by atoms with van der Waals surface area (Å²) in [6, 6.07) is 23.6. The molecule has 0 saturated heterocycles. The number of hydrogen-bond acceptors (Lipinski definition) is 3. The maximum atomic E-state index is 12.8. The van der Waals surface area contributed by atoms with Gasteiger partial charge in [-0.05, 0) is 36.4 Å². The third-order valence-corrected chi connectivity index (χ3v) is 5.00. The minimum atomic E-state index is -0.602. The summed E-state index contributed by atoms with van der Waals surface area (Å²) in [6.45, 7) is 0. The summed E-state index contributed by atoms with van der Waals surface area (Å²) in [5.74, 6) is -0.883. The molecule has 0 fully saturated rings. The molecule has 2 amide bonds. The zero-order valence-electron chi connectivity index (χ0n) is 16.5. The second-order valence-corrected chi connectivity index (χ2v) is 7.36. The minimum absolute atomic E-state index is 0.0674. The van der Waals surface area contributed by atoms with Crippen molar-refractivity contribution in [2.75, 3.05) is 5.32 Å². The number of nitrogens with one attached hydrogen (secondary N) is 1. The molecule has 154 valence electrons. The third kappa shape index (κ3) is 4.65. The Hall–Kier alpha value is -3.90. The predicted octanol–water partition coefficient (Wildman–Crippen LogP) is 4.47. The van der Waals surface area contributed by atoms with Crippen LogP contribution in [0.5, 0.6) is 0 Å². The Morgan fingerprint density at radius 2 is 1.61 bits per heavy atom. The molecule has 0 radical (unpaired) electrons. The van der Waals surface area contributed by atoms with Gasteiger partial charge in [0, 0.05) is 22.3 Å². The highest BCUT2D eigenvalue weighted by Crippen LogP contribution is 2.26. The van der Waals surface area contributed by atoms with Gasteiger partial charge in [0.15, 0.2) is 0 Å². The van der Waals surface area contributed by atoms with Crippen LogP contribution in [0.1, 0.15) is 15.9 Å². The van der Waals surface area contributed by atoms with Crippen molar-refractivity contribution in [3.05, 3.63) is 101 Å². The van der Waals surface area contributed by atoms with Crippen LogP contribution < -0.4 is 11.1 Å². The molecule has 31 heavy (non-hydrogen) atoms. The average Bonchev–Trinajstić information content (AvgIpc) is 3.18. The Morgan fingerprint density at radius 3 is 2.32 bits per heavy atom. The first-order valence-corrected chi connectivity index (χ1v) is 9.97. The van der Waals surface area contributed by atoms with E-state index < -0.39 is 5.91 Å². The van der Waals surface area contributed by atoms with Crippen LogP contribution in [-0.2, 0) is 11.2 Å². The van der Waals surface area contributed by atoms with Crippen LogP contribution in [0, 0.1) is 0 Å². The number of carbonyl (C=O) groups is 2. The number of carbonyl (C=O) groups excluding carboxylic acids is 2. The Kier molecular flexibility index (Phi) is 5.82. The van der Waals surface area contributed by atoms with E-state index in [9.17, 15) is 9.59 Å². The number of anilines is 1. The summed E-state index contributed by atoms with van der Waals surface area (Å²) in [7, 11) is 0. The maximum absolute atomic E-state index is 12.8. The van der Waals surface area contributed by atoms with E-state index in [1.54, 1.807) is 41.1 Å². The molecule has 7 heteroatoms. The molecule has 1 heterocycles. The van der Waals surface area contributed by atoms with E-state index in [-0.39, 0.29) is 17.9 Å². The van der Waals surface area contributed by atoms with Crippen molar-refractivity contribution in [1.82, 2.24) is 9.78 Å². The number of amides is 2. The number of aromatic nitrogens is 2. The van der Waals surface area contributed by atoms with E-state index in [2.05, 4.69) is 5.32 Å². The van der Waals surface area contributed by atoms with E-state index in [0.717, 1.165) is 16.8 Å². The number of para-hydroxylation sites is 2. The van der Waals surface area contributed by atoms with E-state index in [1.807, 2.05) is 48.7 Å². The van der Waals surface area contributed by atoms with E-state index >= 15 is 0 Å². The van der Waals surface area contributed by atoms with Crippen molar-refractivity contribution in [3.8, 4) is 16.9 Å². The Labute approximate surface area is 184 Å². The highest BCUT2D eigenvalue weighted by Gasteiger charge is 2.17. The van der Waals surface area contributed by atoms with Gasteiger partial charge in [0.1, 0.15) is 0 Å². The first-order valence-electron chi connectivity index (χ1n) is 9.60. The van der Waals surface area contributed by atoms with Crippen LogP contribution >= 0.6 is 11.6 Å². The predicted molar refractivity (Wildman–Crippen MR) is 121 cm³/mol. The standard InChI is InChI=1S/C24H19ClN4O2/c25-18-12-10-16(11-13-18)23-17(15-29(28-23)19-6-2-1-3-7-19)14-22(30)27-21-9-5-4-8-20(21)24(26)31/h1-13,15H,14H2,(H2,26,31)(H,27,30). The SMILES string of the molecule is NC(=O)c1ccccc1NC(=O)Cc1cn(-c2ccccc2)nc1-c1ccc(Cl)cc1. The van der Waals surface area contributed by atoms with Gasteiger partial charge in [0.2, 0.25) is 5.91 Å². The molecule has 0 aliphatic carbocycles. The molecule has 0 aliphatic heterocycles. The molecule has 1 aromatic heterocycles. The van der Waals surface area contributed by atoms with Gasteiger partial charge in [0.05, 0.1) is 29.1 Å². The zero-order chi connectivity index (χ0) is 21.8. The van der Waals surface area contributed by atoms with Gasteiger partial charge in [0.25, 0.3) is 5.91 Å². The molecule has 0 saturated carbocycles. The van der Waals surface area contributed by atoms with Crippen LogP contribution in [0.25, 0.3) is 16.9 Å². The lowest BCUT2D eigenvalue weighted by molar-refractivity contribution is -0.115. The lowest BCUT2D eigenvalue weighted by atomic mass is 10.1. The van der Waals surface area contributed by atoms with E-state index in [0.29, 0.717) is 16.4 Å². The summed E-state index contributed by atoms with van der Waals surface area (Å²) in [5.41, 5.74) is 9.19. The summed E-state index contributed by atoms with van der Waals surface area (Å²) in [5, 5.41) is 8.10. The van der Waals surface area contributed by atoms with Crippen molar-refractivity contribution in [3.63, 3.8) is 0 Å². The molecule has 4 aromatic rings. The van der Waals surface area contributed by atoms with Crippen molar-refractivity contribution in [1.29, 1.82) is 0 Å². The Balaban J connectivity index is 1.67. The smallest absolute Gasteiger partial charge is 0.250 e. The van der Waals surface area contributed by atoms with Crippen LogP contribution in [-0.4, -0.2) is 21.6 Å². The van der Waals surface area contributed by atoms with E-state index in [1.165, 1.54) is 0 Å². The zero-order valence-corrected chi connectivity index (χ0v) is 17.2. The molecule has 4 rings (SSSR count). The number of rotatable bonds is 6. The monoisotopic (exact) mass is 430 g/mol. The van der Waals surface area contributed by atoms with Crippen LogP contribution in [0.15, 0.2) is 85.1 Å². The first-order chi connectivity index (χ1) is 15.0.